The number of halogens is 3. The van der Waals surface area contributed by atoms with Crippen LogP contribution in [0.1, 0.15) is 41.3 Å². The molecule has 0 radical (unpaired) electrons. The molecule has 1 aromatic carbocycles. The van der Waals surface area contributed by atoms with E-state index in [4.69, 9.17) is 9.47 Å². The van der Waals surface area contributed by atoms with Gasteiger partial charge in [-0.25, -0.2) is 9.79 Å². The number of ether oxygens (including phenoxy) is 2. The summed E-state index contributed by atoms with van der Waals surface area (Å²) < 4.78 is 50.9. The van der Waals surface area contributed by atoms with Gasteiger partial charge in [0.2, 0.25) is 0 Å². The highest BCUT2D eigenvalue weighted by molar-refractivity contribution is 6.08. The van der Waals surface area contributed by atoms with Crippen LogP contribution in [0.4, 0.5) is 19.0 Å². The molecule has 29 heavy (non-hydrogen) atoms. The van der Waals surface area contributed by atoms with E-state index in [1.54, 1.807) is 6.92 Å². The molecule has 0 spiro atoms. The first-order valence-corrected chi connectivity index (χ1v) is 8.90. The summed E-state index contributed by atoms with van der Waals surface area (Å²) in [5.41, 5.74) is -0.293. The lowest BCUT2D eigenvalue weighted by atomic mass is 9.77. The second-order valence-corrected chi connectivity index (χ2v) is 6.22. The van der Waals surface area contributed by atoms with E-state index in [-0.39, 0.29) is 24.6 Å². The molecule has 0 saturated carbocycles. The van der Waals surface area contributed by atoms with Crippen LogP contribution in [0.5, 0.6) is 0 Å². The number of fused-ring (bicyclic) bond motifs is 1. The Morgan fingerprint density at radius 3 is 2.34 bits per heavy atom. The maximum absolute atomic E-state index is 13.7. The molecule has 0 fully saturated rings. The summed E-state index contributed by atoms with van der Waals surface area (Å²) >= 11 is 0. The Labute approximate surface area is 163 Å². The predicted octanol–water partition coefficient (Wildman–Crippen LogP) is 3.55. The number of nitrogens with one attached hydrogen (secondary N) is 1. The number of rotatable bonds is 5. The molecule has 1 aliphatic heterocycles. The molecule has 7 nitrogen and oxygen atoms in total. The van der Waals surface area contributed by atoms with Crippen LogP contribution in [0.15, 0.2) is 35.5 Å². The number of aromatic amines is 1. The van der Waals surface area contributed by atoms with E-state index >= 15 is 0 Å². The highest BCUT2D eigenvalue weighted by Crippen LogP contribution is 2.45. The van der Waals surface area contributed by atoms with Gasteiger partial charge in [0.05, 0.1) is 25.0 Å². The van der Waals surface area contributed by atoms with Crippen LogP contribution in [0.3, 0.4) is 0 Å². The van der Waals surface area contributed by atoms with E-state index in [9.17, 15) is 22.8 Å². The highest BCUT2D eigenvalue weighted by Gasteiger charge is 2.51. The molecule has 10 heteroatoms. The van der Waals surface area contributed by atoms with Crippen LogP contribution in [-0.4, -0.2) is 47.2 Å². The van der Waals surface area contributed by atoms with Crippen molar-refractivity contribution in [2.75, 3.05) is 13.2 Å². The third kappa shape index (κ3) is 4.01. The van der Waals surface area contributed by atoms with Gasteiger partial charge in [0.25, 0.3) is 0 Å². The van der Waals surface area contributed by atoms with Crippen molar-refractivity contribution < 1.29 is 32.2 Å². The number of H-pyrrole nitrogens is 1. The fourth-order valence-corrected chi connectivity index (χ4v) is 3.27. The van der Waals surface area contributed by atoms with Gasteiger partial charge < -0.3 is 9.47 Å². The molecule has 0 aliphatic carbocycles. The Morgan fingerprint density at radius 1 is 1.10 bits per heavy atom. The molecule has 1 aliphatic rings. The zero-order valence-corrected chi connectivity index (χ0v) is 15.6. The van der Waals surface area contributed by atoms with E-state index < -0.39 is 35.7 Å². The summed E-state index contributed by atoms with van der Waals surface area (Å²) in [4.78, 5) is 28.0. The van der Waals surface area contributed by atoms with Crippen molar-refractivity contribution >= 4 is 23.5 Å². The van der Waals surface area contributed by atoms with E-state index in [1.165, 1.54) is 37.4 Å². The monoisotopic (exact) mass is 409 g/mol. The van der Waals surface area contributed by atoms with Gasteiger partial charge in [-0.05, 0) is 31.5 Å². The van der Waals surface area contributed by atoms with Crippen molar-refractivity contribution in [2.45, 2.75) is 25.9 Å². The number of hydrogen-bond donors (Lipinski definition) is 1. The number of hydrogen-bond acceptors (Lipinski definition) is 6. The summed E-state index contributed by atoms with van der Waals surface area (Å²) in [6.07, 6.45) is -3.51. The molecule has 2 aromatic rings. The standard InChI is InChI=1S/C19H18F3N3O4/c1-3-28-17(26)11-7-5-10(6-8-11)13-12-9-23-25-16(12)24-15(19(20,21)22)14(13)18(27)29-4-2/h5-9,13-14H,3-4H2,1-2H3,(H,23,25). The first-order chi connectivity index (χ1) is 13.8. The molecule has 1 aromatic heterocycles. The maximum atomic E-state index is 13.7. The van der Waals surface area contributed by atoms with Gasteiger partial charge in [-0.3, -0.25) is 9.89 Å². The molecule has 0 bridgehead atoms. The summed E-state index contributed by atoms with van der Waals surface area (Å²) in [5.74, 6) is -4.39. The van der Waals surface area contributed by atoms with E-state index in [1.807, 2.05) is 0 Å². The second-order valence-electron chi connectivity index (χ2n) is 6.22. The van der Waals surface area contributed by atoms with Crippen molar-refractivity contribution in [3.63, 3.8) is 0 Å². The summed E-state index contributed by atoms with van der Waals surface area (Å²) in [5, 5.41) is 6.21. The number of carbonyl (C=O) groups is 2. The third-order valence-electron chi connectivity index (χ3n) is 4.45. The Kier molecular flexibility index (Phi) is 5.71. The van der Waals surface area contributed by atoms with Crippen LogP contribution in [-0.2, 0) is 14.3 Å². The van der Waals surface area contributed by atoms with Crippen LogP contribution < -0.4 is 0 Å². The first-order valence-electron chi connectivity index (χ1n) is 8.90. The van der Waals surface area contributed by atoms with Gasteiger partial charge in [0, 0.05) is 11.5 Å². The smallest absolute Gasteiger partial charge is 0.430 e. The van der Waals surface area contributed by atoms with Crippen LogP contribution >= 0.6 is 0 Å². The Hall–Kier alpha value is -3.17. The second kappa shape index (κ2) is 8.06. The zero-order chi connectivity index (χ0) is 21.2. The Bertz CT molecular complexity index is 935. The van der Waals surface area contributed by atoms with E-state index in [2.05, 4.69) is 15.2 Å². The minimum Gasteiger partial charge on any atom is -0.465 e. The zero-order valence-electron chi connectivity index (χ0n) is 15.6. The van der Waals surface area contributed by atoms with Gasteiger partial charge in [-0.2, -0.15) is 18.3 Å². The summed E-state index contributed by atoms with van der Waals surface area (Å²) in [6, 6.07) is 5.85. The molecular formula is C19H18F3N3O4. The molecule has 2 atom stereocenters. The van der Waals surface area contributed by atoms with Crippen LogP contribution in [0, 0.1) is 5.92 Å². The molecule has 1 N–H and O–H groups in total. The predicted molar refractivity (Wildman–Crippen MR) is 96.1 cm³/mol. The molecule has 0 saturated heterocycles. The largest absolute Gasteiger partial charge is 0.465 e. The molecule has 3 rings (SSSR count). The van der Waals surface area contributed by atoms with Gasteiger partial charge in [-0.15, -0.1) is 0 Å². The third-order valence-corrected chi connectivity index (χ3v) is 4.45. The average molecular weight is 409 g/mol. The topological polar surface area (TPSA) is 93.6 Å². The van der Waals surface area contributed by atoms with E-state index in [0.717, 1.165) is 0 Å². The molecule has 2 unspecified atom stereocenters. The summed E-state index contributed by atoms with van der Waals surface area (Å²) in [6.45, 7) is 3.29. The Balaban J connectivity index is 2.10. The number of carbonyl (C=O) groups excluding carboxylic acids is 2. The molecular weight excluding hydrogens is 391 g/mol. The van der Waals surface area contributed by atoms with Crippen LogP contribution in [0.2, 0.25) is 0 Å². The van der Waals surface area contributed by atoms with Gasteiger partial charge in [0.15, 0.2) is 5.82 Å². The minimum atomic E-state index is -4.84. The van der Waals surface area contributed by atoms with Gasteiger partial charge in [0.1, 0.15) is 11.6 Å². The summed E-state index contributed by atoms with van der Waals surface area (Å²) in [7, 11) is 0. The molecule has 0 amide bonds. The number of aromatic nitrogens is 2. The van der Waals surface area contributed by atoms with Crippen molar-refractivity contribution in [3.8, 4) is 0 Å². The van der Waals surface area contributed by atoms with Crippen molar-refractivity contribution in [3.05, 3.63) is 47.2 Å². The SMILES string of the molecule is CCOC(=O)c1ccc(C2c3cn[nH]c3N=C(C(F)(F)F)C2C(=O)OCC)cc1. The van der Waals surface area contributed by atoms with Crippen molar-refractivity contribution in [2.24, 2.45) is 10.9 Å². The number of alkyl halides is 3. The van der Waals surface area contributed by atoms with E-state index in [0.29, 0.717) is 11.1 Å². The van der Waals surface area contributed by atoms with Crippen molar-refractivity contribution in [1.29, 1.82) is 0 Å². The normalized spacial score (nSPS) is 18.6. The quantitative estimate of drug-likeness (QED) is 0.763. The molecule has 2 heterocycles. The lowest BCUT2D eigenvalue weighted by molar-refractivity contribution is -0.147. The lowest BCUT2D eigenvalue weighted by Gasteiger charge is -2.31. The highest BCUT2D eigenvalue weighted by atomic mass is 19.4. The Morgan fingerprint density at radius 2 is 1.76 bits per heavy atom. The minimum absolute atomic E-state index is 0.0719. The number of nitrogens with zero attached hydrogens (tertiary/aromatic N) is 2. The lowest BCUT2D eigenvalue weighted by Crippen LogP contribution is -2.42. The number of benzene rings is 1. The number of esters is 2. The molecule has 154 valence electrons. The fraction of sp³-hybridized carbons (Fsp3) is 0.368. The number of aliphatic imine (C=N–C) groups is 1. The van der Waals surface area contributed by atoms with Crippen molar-refractivity contribution in [1.82, 2.24) is 10.2 Å². The fourth-order valence-electron chi connectivity index (χ4n) is 3.27. The van der Waals surface area contributed by atoms with Gasteiger partial charge >= 0.3 is 18.1 Å². The van der Waals surface area contributed by atoms with Crippen LogP contribution in [0.25, 0.3) is 0 Å². The first kappa shape index (κ1) is 20.6. The maximum Gasteiger partial charge on any atom is 0.430 e. The average Bonchev–Trinajstić information content (AvgIpc) is 3.15. The van der Waals surface area contributed by atoms with Gasteiger partial charge in [-0.1, -0.05) is 12.1 Å².